The second kappa shape index (κ2) is 5.15. The Morgan fingerprint density at radius 3 is 2.15 bits per heavy atom. The molecule has 0 saturated carbocycles. The van der Waals surface area contributed by atoms with Gasteiger partial charge in [-0.2, -0.15) is 13.2 Å². The van der Waals surface area contributed by atoms with Gasteiger partial charge in [0.05, 0.1) is 5.56 Å². The highest BCUT2D eigenvalue weighted by Crippen LogP contribution is 2.30. The molecule has 2 aromatic rings. The van der Waals surface area contributed by atoms with Crippen molar-refractivity contribution in [2.75, 3.05) is 0 Å². The molecule has 5 heteroatoms. The first-order valence-electron chi connectivity index (χ1n) is 6.19. The summed E-state index contributed by atoms with van der Waals surface area (Å²) in [4.78, 5) is 13.8. The van der Waals surface area contributed by atoms with Crippen molar-refractivity contribution < 1.29 is 13.2 Å². The first-order chi connectivity index (χ1) is 9.27. The smallest absolute Gasteiger partial charge is 0.322 e. The van der Waals surface area contributed by atoms with Crippen molar-refractivity contribution >= 4 is 0 Å². The van der Waals surface area contributed by atoms with Gasteiger partial charge >= 0.3 is 6.18 Å². The molecule has 0 unspecified atom stereocenters. The fourth-order valence-electron chi connectivity index (χ4n) is 1.91. The normalized spacial score (nSPS) is 11.9. The summed E-state index contributed by atoms with van der Waals surface area (Å²) in [5, 5.41) is 0. The number of rotatable bonds is 2. The first kappa shape index (κ1) is 14.4. The highest BCUT2D eigenvalue weighted by atomic mass is 19.4. The van der Waals surface area contributed by atoms with Gasteiger partial charge in [-0.15, -0.1) is 0 Å². The molecule has 0 aliphatic rings. The van der Waals surface area contributed by atoms with Gasteiger partial charge in [-0.25, -0.2) is 0 Å². The maximum Gasteiger partial charge on any atom is 0.416 e. The Morgan fingerprint density at radius 1 is 1.05 bits per heavy atom. The van der Waals surface area contributed by atoms with Crippen LogP contribution in [0, 0.1) is 0 Å². The summed E-state index contributed by atoms with van der Waals surface area (Å²) in [5.41, 5.74) is 0.104. The Kier molecular flexibility index (Phi) is 3.70. The number of benzene rings is 1. The van der Waals surface area contributed by atoms with Gasteiger partial charge in [0, 0.05) is 11.8 Å². The molecule has 0 aliphatic carbocycles. The molecule has 0 bridgehead atoms. The topological polar surface area (TPSA) is 32.9 Å². The van der Waals surface area contributed by atoms with Crippen molar-refractivity contribution in [2.24, 2.45) is 0 Å². The molecule has 0 radical (unpaired) electrons. The van der Waals surface area contributed by atoms with E-state index >= 15 is 0 Å². The number of nitrogens with one attached hydrogen (secondary N) is 1. The Hall–Kier alpha value is -2.04. The van der Waals surface area contributed by atoms with E-state index in [9.17, 15) is 18.0 Å². The van der Waals surface area contributed by atoms with Gasteiger partial charge in [0.25, 0.3) is 0 Å². The second-order valence-electron chi connectivity index (χ2n) is 4.92. The lowest BCUT2D eigenvalue weighted by molar-refractivity contribution is -0.137. The predicted molar refractivity (Wildman–Crippen MR) is 71.6 cm³/mol. The minimum absolute atomic E-state index is 0.167. The fraction of sp³-hybridized carbons (Fsp3) is 0.267. The summed E-state index contributed by atoms with van der Waals surface area (Å²) in [5.74, 6) is 0.338. The third kappa shape index (κ3) is 3.10. The standard InChI is InChI=1S/C15H14F3NO/c1-9(2)10-3-5-11(6-4-10)13-7-12(15(16,17)18)8-14(20)19-13/h3-9H,1-2H3,(H,19,20). The number of H-pyrrole nitrogens is 1. The summed E-state index contributed by atoms with van der Waals surface area (Å²) in [6.45, 7) is 4.06. The number of alkyl halides is 3. The van der Waals surface area contributed by atoms with Crippen LogP contribution in [-0.2, 0) is 6.18 Å². The number of pyridine rings is 1. The summed E-state index contributed by atoms with van der Waals surface area (Å²) in [6, 6.07) is 8.62. The minimum atomic E-state index is -4.53. The predicted octanol–water partition coefficient (Wildman–Crippen LogP) is 4.18. The number of aromatic nitrogens is 1. The van der Waals surface area contributed by atoms with Gasteiger partial charge in [0.15, 0.2) is 0 Å². The van der Waals surface area contributed by atoms with E-state index in [1.165, 1.54) is 0 Å². The van der Waals surface area contributed by atoms with Crippen molar-refractivity contribution in [3.8, 4) is 11.3 Å². The molecule has 1 aromatic carbocycles. The lowest BCUT2D eigenvalue weighted by Gasteiger charge is -2.10. The van der Waals surface area contributed by atoms with Crippen LogP contribution in [-0.4, -0.2) is 4.98 Å². The molecule has 2 nitrogen and oxygen atoms in total. The number of hydrogen-bond donors (Lipinski definition) is 1. The Bertz CT molecular complexity index is 654. The quantitative estimate of drug-likeness (QED) is 0.879. The van der Waals surface area contributed by atoms with Gasteiger partial charge in [0.1, 0.15) is 0 Å². The summed E-state index contributed by atoms with van der Waals surface area (Å²) in [7, 11) is 0. The van der Waals surface area contributed by atoms with Crippen LogP contribution in [0.25, 0.3) is 11.3 Å². The van der Waals surface area contributed by atoms with Crippen molar-refractivity contribution in [2.45, 2.75) is 25.9 Å². The van der Waals surface area contributed by atoms with Crippen LogP contribution < -0.4 is 5.56 Å². The van der Waals surface area contributed by atoms with E-state index in [1.54, 1.807) is 12.1 Å². The van der Waals surface area contributed by atoms with E-state index in [-0.39, 0.29) is 5.69 Å². The zero-order chi connectivity index (χ0) is 14.9. The van der Waals surface area contributed by atoms with Crippen LogP contribution >= 0.6 is 0 Å². The molecule has 1 aromatic heterocycles. The highest BCUT2D eigenvalue weighted by molar-refractivity contribution is 5.60. The van der Waals surface area contributed by atoms with Crippen molar-refractivity contribution in [3.05, 3.63) is 57.9 Å². The van der Waals surface area contributed by atoms with E-state index in [2.05, 4.69) is 4.98 Å². The lowest BCUT2D eigenvalue weighted by atomic mass is 10.0. The first-order valence-corrected chi connectivity index (χ1v) is 6.19. The van der Waals surface area contributed by atoms with Crippen LogP contribution in [0.2, 0.25) is 0 Å². The molecule has 0 saturated heterocycles. The molecule has 0 amide bonds. The van der Waals surface area contributed by atoms with Crippen LogP contribution in [0.1, 0.15) is 30.9 Å². The molecule has 0 atom stereocenters. The van der Waals surface area contributed by atoms with Gasteiger partial charge in [-0.05, 0) is 23.1 Å². The number of halogens is 3. The number of hydrogen-bond acceptors (Lipinski definition) is 1. The highest BCUT2D eigenvalue weighted by Gasteiger charge is 2.31. The van der Waals surface area contributed by atoms with Crippen molar-refractivity contribution in [1.82, 2.24) is 4.98 Å². The third-order valence-corrected chi connectivity index (χ3v) is 3.06. The average molecular weight is 281 g/mol. The SMILES string of the molecule is CC(C)c1ccc(-c2cc(C(F)(F)F)cc(=O)[nH]2)cc1. The third-order valence-electron chi connectivity index (χ3n) is 3.06. The van der Waals surface area contributed by atoms with E-state index in [0.29, 0.717) is 17.5 Å². The summed E-state index contributed by atoms with van der Waals surface area (Å²) in [6.07, 6.45) is -4.53. The number of aromatic amines is 1. The zero-order valence-corrected chi connectivity index (χ0v) is 11.1. The van der Waals surface area contributed by atoms with Crippen LogP contribution in [0.5, 0.6) is 0 Å². The molecule has 20 heavy (non-hydrogen) atoms. The molecular formula is C15H14F3NO. The monoisotopic (exact) mass is 281 g/mol. The fourth-order valence-corrected chi connectivity index (χ4v) is 1.91. The van der Waals surface area contributed by atoms with Gasteiger partial charge in [-0.3, -0.25) is 4.79 Å². The van der Waals surface area contributed by atoms with E-state index in [1.807, 2.05) is 26.0 Å². The van der Waals surface area contributed by atoms with E-state index < -0.39 is 17.3 Å². The van der Waals surface area contributed by atoms with Gasteiger partial charge < -0.3 is 4.98 Å². The molecule has 0 fully saturated rings. The largest absolute Gasteiger partial charge is 0.416 e. The molecule has 1 N–H and O–H groups in total. The summed E-state index contributed by atoms with van der Waals surface area (Å²) >= 11 is 0. The molecule has 0 aliphatic heterocycles. The van der Waals surface area contributed by atoms with Crippen molar-refractivity contribution in [1.29, 1.82) is 0 Å². The van der Waals surface area contributed by atoms with Gasteiger partial charge in [-0.1, -0.05) is 38.1 Å². The molecule has 1 heterocycles. The summed E-state index contributed by atoms with van der Waals surface area (Å²) < 4.78 is 38.0. The molecular weight excluding hydrogens is 267 g/mol. The Morgan fingerprint density at radius 2 is 1.65 bits per heavy atom. The molecule has 0 spiro atoms. The van der Waals surface area contributed by atoms with Crippen molar-refractivity contribution in [3.63, 3.8) is 0 Å². The lowest BCUT2D eigenvalue weighted by Crippen LogP contribution is -2.13. The second-order valence-corrected chi connectivity index (χ2v) is 4.92. The Labute approximate surface area is 114 Å². The average Bonchev–Trinajstić information content (AvgIpc) is 2.37. The maximum absolute atomic E-state index is 12.7. The molecule has 106 valence electrons. The maximum atomic E-state index is 12.7. The minimum Gasteiger partial charge on any atom is -0.322 e. The molecule has 2 rings (SSSR count). The van der Waals surface area contributed by atoms with Crippen LogP contribution in [0.3, 0.4) is 0 Å². The van der Waals surface area contributed by atoms with Crippen LogP contribution in [0.4, 0.5) is 13.2 Å². The van der Waals surface area contributed by atoms with Crippen LogP contribution in [0.15, 0.2) is 41.2 Å². The van der Waals surface area contributed by atoms with E-state index in [0.717, 1.165) is 11.6 Å². The Balaban J connectivity index is 2.47. The van der Waals surface area contributed by atoms with E-state index in [4.69, 9.17) is 0 Å². The van der Waals surface area contributed by atoms with Gasteiger partial charge in [0.2, 0.25) is 5.56 Å². The zero-order valence-electron chi connectivity index (χ0n) is 11.1.